The van der Waals surface area contributed by atoms with E-state index in [4.69, 9.17) is 11.6 Å². The zero-order valence-electron chi connectivity index (χ0n) is 16.4. The lowest BCUT2D eigenvalue weighted by Crippen LogP contribution is -2.25. The Hall–Kier alpha value is -2.09. The molecule has 5 nitrogen and oxygen atoms in total. The predicted octanol–water partition coefficient (Wildman–Crippen LogP) is 5.91. The lowest BCUT2D eigenvalue weighted by molar-refractivity contribution is 0.482. The summed E-state index contributed by atoms with van der Waals surface area (Å²) in [6, 6.07) is 12.1. The number of benzene rings is 2. The van der Waals surface area contributed by atoms with Crippen molar-refractivity contribution >= 4 is 59.8 Å². The number of hydrogen-bond acceptors (Lipinski definition) is 4. The van der Waals surface area contributed by atoms with Crippen molar-refractivity contribution in [2.75, 3.05) is 11.0 Å². The van der Waals surface area contributed by atoms with E-state index >= 15 is 0 Å². The number of rotatable bonds is 6. The Kier molecular flexibility index (Phi) is 5.09. The molecule has 2 N–H and O–H groups in total. The summed E-state index contributed by atoms with van der Waals surface area (Å²) in [5.74, 6) is 0. The molecule has 0 unspecified atom stereocenters. The van der Waals surface area contributed by atoms with Crippen LogP contribution >= 0.6 is 22.9 Å². The van der Waals surface area contributed by atoms with Gasteiger partial charge in [0.05, 0.1) is 27.7 Å². The second-order valence-corrected chi connectivity index (χ2v) is 10.6. The summed E-state index contributed by atoms with van der Waals surface area (Å²) in [5.41, 5.74) is 4.35. The van der Waals surface area contributed by atoms with E-state index in [-0.39, 0.29) is 5.41 Å². The maximum atomic E-state index is 11.8. The van der Waals surface area contributed by atoms with Gasteiger partial charge in [0.15, 0.2) is 4.47 Å². The van der Waals surface area contributed by atoms with Crippen LogP contribution in [0.15, 0.2) is 42.6 Å². The van der Waals surface area contributed by atoms with E-state index in [9.17, 15) is 8.42 Å². The number of sulfonamides is 1. The number of fused-ring (bicyclic) bond motifs is 2. The van der Waals surface area contributed by atoms with E-state index in [0.29, 0.717) is 10.2 Å². The summed E-state index contributed by atoms with van der Waals surface area (Å²) in [6.07, 6.45) is 4.95. The first kappa shape index (κ1) is 20.2. The van der Waals surface area contributed by atoms with E-state index in [1.54, 1.807) is 6.07 Å². The Bertz CT molecular complexity index is 1300. The second kappa shape index (κ2) is 7.31. The SMILES string of the molecule is CCC(CC)(c1ccc2sc(Cl)nc2c1)c1c[nH]c2c(NS(C)(=O)=O)cccc12. The number of nitrogens with zero attached hydrogens (tertiary/aromatic N) is 1. The molecule has 0 radical (unpaired) electrons. The monoisotopic (exact) mass is 447 g/mol. The molecule has 0 atom stereocenters. The maximum absolute atomic E-state index is 11.8. The molecular formula is C21H22ClN3O2S2. The van der Waals surface area contributed by atoms with Crippen molar-refractivity contribution in [3.05, 3.63) is 58.2 Å². The molecular weight excluding hydrogens is 426 g/mol. The molecule has 0 spiro atoms. The van der Waals surface area contributed by atoms with Crippen molar-refractivity contribution in [3.63, 3.8) is 0 Å². The number of halogens is 1. The van der Waals surface area contributed by atoms with Crippen molar-refractivity contribution in [2.24, 2.45) is 0 Å². The summed E-state index contributed by atoms with van der Waals surface area (Å²) < 4.78 is 27.8. The fourth-order valence-electron chi connectivity index (χ4n) is 4.23. The average molecular weight is 448 g/mol. The Balaban J connectivity index is 1.92. The standard InChI is InChI=1S/C21H22ClN3O2S2/c1-4-21(5-2,13-9-10-18-17(11-13)24-20(22)28-18)15-12-23-19-14(15)7-6-8-16(19)25-29(3,26)27/h6-12,23,25H,4-5H2,1-3H3. The Morgan fingerprint density at radius 3 is 2.66 bits per heavy atom. The van der Waals surface area contributed by atoms with Crippen molar-refractivity contribution in [1.82, 2.24) is 9.97 Å². The van der Waals surface area contributed by atoms with Crippen molar-refractivity contribution in [2.45, 2.75) is 32.1 Å². The van der Waals surface area contributed by atoms with Gasteiger partial charge >= 0.3 is 0 Å². The Morgan fingerprint density at radius 2 is 1.97 bits per heavy atom. The third-order valence-corrected chi connectivity index (χ3v) is 7.38. The molecule has 8 heteroatoms. The van der Waals surface area contributed by atoms with E-state index < -0.39 is 10.0 Å². The average Bonchev–Trinajstić information content (AvgIpc) is 3.26. The van der Waals surface area contributed by atoms with Crippen LogP contribution in [0, 0.1) is 0 Å². The van der Waals surface area contributed by atoms with Gasteiger partial charge in [-0.25, -0.2) is 13.4 Å². The number of aromatic amines is 1. The molecule has 2 heterocycles. The van der Waals surface area contributed by atoms with Gasteiger partial charge in [-0.05, 0) is 42.2 Å². The third kappa shape index (κ3) is 3.52. The second-order valence-electron chi connectivity index (χ2n) is 7.24. The van der Waals surface area contributed by atoms with Gasteiger partial charge in [0, 0.05) is 17.0 Å². The van der Waals surface area contributed by atoms with Gasteiger partial charge < -0.3 is 4.98 Å². The van der Waals surface area contributed by atoms with Crippen LogP contribution in [0.3, 0.4) is 0 Å². The van der Waals surface area contributed by atoms with Crippen LogP contribution in [-0.2, 0) is 15.4 Å². The van der Waals surface area contributed by atoms with E-state index in [0.717, 1.165) is 45.8 Å². The minimum atomic E-state index is -3.37. The van der Waals surface area contributed by atoms with Crippen LogP contribution in [0.25, 0.3) is 21.1 Å². The summed E-state index contributed by atoms with van der Waals surface area (Å²) in [6.45, 7) is 4.36. The molecule has 0 bridgehead atoms. The summed E-state index contributed by atoms with van der Waals surface area (Å²) in [4.78, 5) is 7.76. The molecule has 2 aromatic carbocycles. The van der Waals surface area contributed by atoms with Gasteiger partial charge in [-0.1, -0.05) is 43.6 Å². The van der Waals surface area contributed by atoms with Crippen LogP contribution in [0.1, 0.15) is 37.8 Å². The molecule has 0 aliphatic rings. The van der Waals surface area contributed by atoms with Gasteiger partial charge in [0.1, 0.15) is 0 Å². The first-order valence-electron chi connectivity index (χ1n) is 9.42. The number of para-hydroxylation sites is 1. The number of anilines is 1. The van der Waals surface area contributed by atoms with Gasteiger partial charge in [-0.15, -0.1) is 11.3 Å². The molecule has 0 saturated heterocycles. The van der Waals surface area contributed by atoms with Crippen LogP contribution < -0.4 is 4.72 Å². The molecule has 29 heavy (non-hydrogen) atoms. The van der Waals surface area contributed by atoms with Crippen LogP contribution in [-0.4, -0.2) is 24.6 Å². The van der Waals surface area contributed by atoms with Gasteiger partial charge in [0.2, 0.25) is 10.0 Å². The fraction of sp³-hybridized carbons (Fsp3) is 0.286. The molecule has 0 fully saturated rings. The molecule has 0 aliphatic carbocycles. The normalized spacial score (nSPS) is 12.7. The number of hydrogen-bond donors (Lipinski definition) is 2. The summed E-state index contributed by atoms with van der Waals surface area (Å²) in [5, 5.41) is 1.01. The van der Waals surface area contributed by atoms with Crippen molar-refractivity contribution < 1.29 is 8.42 Å². The highest BCUT2D eigenvalue weighted by molar-refractivity contribution is 7.92. The van der Waals surface area contributed by atoms with E-state index in [1.807, 2.05) is 18.3 Å². The molecule has 0 aliphatic heterocycles. The first-order valence-corrected chi connectivity index (χ1v) is 12.5. The summed E-state index contributed by atoms with van der Waals surface area (Å²) in [7, 11) is -3.37. The van der Waals surface area contributed by atoms with E-state index in [1.165, 1.54) is 16.9 Å². The first-order chi connectivity index (χ1) is 13.8. The predicted molar refractivity (Wildman–Crippen MR) is 123 cm³/mol. The number of thiazole rings is 1. The van der Waals surface area contributed by atoms with Crippen LogP contribution in [0.2, 0.25) is 4.47 Å². The maximum Gasteiger partial charge on any atom is 0.229 e. The van der Waals surface area contributed by atoms with E-state index in [2.05, 4.69) is 46.7 Å². The van der Waals surface area contributed by atoms with Crippen LogP contribution in [0.4, 0.5) is 5.69 Å². The Labute approximate surface area is 179 Å². The van der Waals surface area contributed by atoms with Crippen molar-refractivity contribution in [3.8, 4) is 0 Å². The minimum absolute atomic E-state index is 0.230. The minimum Gasteiger partial charge on any atom is -0.359 e. The number of nitrogens with one attached hydrogen (secondary N) is 2. The third-order valence-electron chi connectivity index (χ3n) is 5.65. The lowest BCUT2D eigenvalue weighted by atomic mass is 9.70. The zero-order chi connectivity index (χ0) is 20.8. The highest BCUT2D eigenvalue weighted by Crippen LogP contribution is 2.44. The number of H-pyrrole nitrogens is 1. The zero-order valence-corrected chi connectivity index (χ0v) is 18.8. The molecule has 4 rings (SSSR count). The molecule has 0 amide bonds. The lowest BCUT2D eigenvalue weighted by Gasteiger charge is -2.32. The largest absolute Gasteiger partial charge is 0.359 e. The van der Waals surface area contributed by atoms with Gasteiger partial charge in [-0.3, -0.25) is 4.72 Å². The highest BCUT2D eigenvalue weighted by atomic mass is 35.5. The topological polar surface area (TPSA) is 74.8 Å². The molecule has 0 saturated carbocycles. The molecule has 4 aromatic rings. The smallest absolute Gasteiger partial charge is 0.229 e. The molecule has 152 valence electrons. The molecule has 2 aromatic heterocycles. The Morgan fingerprint density at radius 1 is 1.21 bits per heavy atom. The van der Waals surface area contributed by atoms with Gasteiger partial charge in [0.25, 0.3) is 0 Å². The fourth-order valence-corrected chi connectivity index (χ4v) is 5.81. The summed E-state index contributed by atoms with van der Waals surface area (Å²) >= 11 is 7.59. The highest BCUT2D eigenvalue weighted by Gasteiger charge is 2.33. The van der Waals surface area contributed by atoms with Crippen LogP contribution in [0.5, 0.6) is 0 Å². The van der Waals surface area contributed by atoms with Gasteiger partial charge in [-0.2, -0.15) is 0 Å². The quantitative estimate of drug-likeness (QED) is 0.386. The number of aromatic nitrogens is 2. The van der Waals surface area contributed by atoms with Crippen molar-refractivity contribution in [1.29, 1.82) is 0 Å².